The van der Waals surface area contributed by atoms with Gasteiger partial charge in [-0.05, 0) is 49.7 Å². The molecule has 1 aromatic heterocycles. The molecule has 0 radical (unpaired) electrons. The normalized spacial score (nSPS) is 18.3. The number of thiophene rings is 1. The van der Waals surface area contributed by atoms with Gasteiger partial charge in [0.15, 0.2) is 0 Å². The number of hydrogen-bond donors (Lipinski definition) is 2. The zero-order chi connectivity index (χ0) is 11.9. The maximum absolute atomic E-state index is 11.6. The summed E-state index contributed by atoms with van der Waals surface area (Å²) in [6.45, 7) is 3.08. The van der Waals surface area contributed by atoms with E-state index < -0.39 is 0 Å². The first-order valence-electron chi connectivity index (χ1n) is 6.34. The van der Waals surface area contributed by atoms with Crippen LogP contribution in [0.3, 0.4) is 0 Å². The molecule has 0 aromatic carbocycles. The van der Waals surface area contributed by atoms with Crippen LogP contribution in [-0.2, 0) is 11.2 Å². The molecule has 1 aromatic rings. The van der Waals surface area contributed by atoms with Gasteiger partial charge in [0.2, 0.25) is 5.91 Å². The first kappa shape index (κ1) is 15.5. The molecule has 102 valence electrons. The average Bonchev–Trinajstić information content (AvgIpc) is 2.99. The predicted molar refractivity (Wildman–Crippen MR) is 78.5 cm³/mol. The second-order valence-electron chi connectivity index (χ2n) is 4.58. The minimum Gasteiger partial charge on any atom is -0.356 e. The summed E-state index contributed by atoms with van der Waals surface area (Å²) in [6, 6.07) is 4.12. The van der Waals surface area contributed by atoms with E-state index in [1.54, 1.807) is 11.3 Å². The van der Waals surface area contributed by atoms with E-state index in [1.165, 1.54) is 11.3 Å². The largest absolute Gasteiger partial charge is 0.356 e. The summed E-state index contributed by atoms with van der Waals surface area (Å²) in [5.74, 6) is 0.942. The van der Waals surface area contributed by atoms with Crippen LogP contribution in [0.1, 0.15) is 24.1 Å². The Kier molecular flexibility index (Phi) is 7.32. The molecule has 18 heavy (non-hydrogen) atoms. The van der Waals surface area contributed by atoms with E-state index in [9.17, 15) is 4.79 Å². The molecular formula is C13H21ClN2OS. The van der Waals surface area contributed by atoms with Crippen LogP contribution >= 0.6 is 23.7 Å². The van der Waals surface area contributed by atoms with E-state index in [2.05, 4.69) is 22.1 Å². The van der Waals surface area contributed by atoms with Crippen LogP contribution < -0.4 is 10.6 Å². The highest BCUT2D eigenvalue weighted by atomic mass is 35.5. The smallest absolute Gasteiger partial charge is 0.220 e. The Labute approximate surface area is 119 Å². The van der Waals surface area contributed by atoms with Crippen LogP contribution in [0.5, 0.6) is 0 Å². The predicted octanol–water partition coefficient (Wildman–Crippen LogP) is 2.22. The minimum absolute atomic E-state index is 0. The lowest BCUT2D eigenvalue weighted by Crippen LogP contribution is -2.26. The second-order valence-corrected chi connectivity index (χ2v) is 5.61. The minimum atomic E-state index is 0. The van der Waals surface area contributed by atoms with Gasteiger partial charge in [0.05, 0.1) is 0 Å². The van der Waals surface area contributed by atoms with Crippen molar-refractivity contribution in [2.45, 2.75) is 25.7 Å². The Morgan fingerprint density at radius 3 is 3.11 bits per heavy atom. The van der Waals surface area contributed by atoms with Crippen LogP contribution in [0.2, 0.25) is 0 Å². The molecule has 0 saturated carbocycles. The lowest BCUT2D eigenvalue weighted by Gasteiger charge is -2.09. The van der Waals surface area contributed by atoms with Gasteiger partial charge in [-0.1, -0.05) is 6.07 Å². The number of carbonyl (C=O) groups is 1. The molecule has 1 aliphatic heterocycles. The topological polar surface area (TPSA) is 41.1 Å². The Hall–Kier alpha value is -0.580. The molecule has 5 heteroatoms. The van der Waals surface area contributed by atoms with Gasteiger partial charge in [-0.2, -0.15) is 0 Å². The number of rotatable bonds is 6. The molecule has 0 bridgehead atoms. The summed E-state index contributed by atoms with van der Waals surface area (Å²) in [5.41, 5.74) is 0. The van der Waals surface area contributed by atoms with Gasteiger partial charge in [-0.3, -0.25) is 4.79 Å². The van der Waals surface area contributed by atoms with E-state index in [1.807, 2.05) is 6.07 Å². The lowest BCUT2D eigenvalue weighted by atomic mass is 10.1. The van der Waals surface area contributed by atoms with Crippen LogP contribution in [0.25, 0.3) is 0 Å². The Bertz CT molecular complexity index is 337. The quantitative estimate of drug-likeness (QED) is 0.843. The van der Waals surface area contributed by atoms with Crippen molar-refractivity contribution in [1.82, 2.24) is 10.6 Å². The molecule has 0 aliphatic carbocycles. The summed E-state index contributed by atoms with van der Waals surface area (Å²) < 4.78 is 0. The van der Waals surface area contributed by atoms with Crippen LogP contribution in [0.15, 0.2) is 17.5 Å². The van der Waals surface area contributed by atoms with Gasteiger partial charge in [0.25, 0.3) is 0 Å². The van der Waals surface area contributed by atoms with Crippen molar-refractivity contribution in [2.24, 2.45) is 5.92 Å². The van der Waals surface area contributed by atoms with Gasteiger partial charge in [-0.15, -0.1) is 23.7 Å². The van der Waals surface area contributed by atoms with Crippen LogP contribution in [0.4, 0.5) is 0 Å². The first-order chi connectivity index (χ1) is 8.34. The molecule has 1 unspecified atom stereocenters. The molecule has 0 spiro atoms. The highest BCUT2D eigenvalue weighted by Crippen LogP contribution is 2.12. The Balaban J connectivity index is 0.00000162. The van der Waals surface area contributed by atoms with Gasteiger partial charge >= 0.3 is 0 Å². The SMILES string of the molecule is Cl.O=C(CCc1cccs1)NCCC1CCNC1. The molecule has 1 saturated heterocycles. The van der Waals surface area contributed by atoms with E-state index in [0.29, 0.717) is 6.42 Å². The molecule has 1 amide bonds. The Morgan fingerprint density at radius 1 is 1.56 bits per heavy atom. The molecule has 2 heterocycles. The fourth-order valence-electron chi connectivity index (χ4n) is 2.16. The number of halogens is 1. The zero-order valence-electron chi connectivity index (χ0n) is 10.5. The highest BCUT2D eigenvalue weighted by Gasteiger charge is 2.13. The third kappa shape index (κ3) is 5.38. The van der Waals surface area contributed by atoms with Crippen LogP contribution in [0, 0.1) is 5.92 Å². The highest BCUT2D eigenvalue weighted by molar-refractivity contribution is 7.09. The van der Waals surface area contributed by atoms with Gasteiger partial charge < -0.3 is 10.6 Å². The van der Waals surface area contributed by atoms with Crippen molar-refractivity contribution in [3.05, 3.63) is 22.4 Å². The molecule has 3 nitrogen and oxygen atoms in total. The maximum Gasteiger partial charge on any atom is 0.220 e. The summed E-state index contributed by atoms with van der Waals surface area (Å²) >= 11 is 1.72. The monoisotopic (exact) mass is 288 g/mol. The van der Waals surface area contributed by atoms with Crippen molar-refractivity contribution in [2.75, 3.05) is 19.6 Å². The molecule has 1 atom stereocenters. The first-order valence-corrected chi connectivity index (χ1v) is 7.22. The summed E-state index contributed by atoms with van der Waals surface area (Å²) in [6.07, 6.45) is 3.85. The summed E-state index contributed by atoms with van der Waals surface area (Å²) in [7, 11) is 0. The Morgan fingerprint density at radius 2 is 2.44 bits per heavy atom. The molecule has 2 N–H and O–H groups in total. The fraction of sp³-hybridized carbons (Fsp3) is 0.615. The third-order valence-electron chi connectivity index (χ3n) is 3.22. The number of amides is 1. The van der Waals surface area contributed by atoms with Crippen molar-refractivity contribution in [3.8, 4) is 0 Å². The van der Waals surface area contributed by atoms with Gasteiger partial charge in [-0.25, -0.2) is 0 Å². The maximum atomic E-state index is 11.6. The molecule has 1 aliphatic rings. The van der Waals surface area contributed by atoms with E-state index in [0.717, 1.165) is 38.4 Å². The van der Waals surface area contributed by atoms with Crippen molar-refractivity contribution in [1.29, 1.82) is 0 Å². The van der Waals surface area contributed by atoms with Crippen molar-refractivity contribution >= 4 is 29.7 Å². The number of carbonyl (C=O) groups excluding carboxylic acids is 1. The van der Waals surface area contributed by atoms with Gasteiger partial charge in [0.1, 0.15) is 0 Å². The van der Waals surface area contributed by atoms with E-state index in [4.69, 9.17) is 0 Å². The zero-order valence-corrected chi connectivity index (χ0v) is 12.1. The number of aryl methyl sites for hydroxylation is 1. The third-order valence-corrected chi connectivity index (χ3v) is 4.15. The molecule has 2 rings (SSSR count). The van der Waals surface area contributed by atoms with E-state index >= 15 is 0 Å². The summed E-state index contributed by atoms with van der Waals surface area (Å²) in [5, 5.41) is 8.41. The summed E-state index contributed by atoms with van der Waals surface area (Å²) in [4.78, 5) is 12.9. The average molecular weight is 289 g/mol. The number of hydrogen-bond acceptors (Lipinski definition) is 3. The standard InChI is InChI=1S/C13H20N2OS.ClH/c16-13(4-3-12-2-1-9-17-12)15-8-6-11-5-7-14-10-11;/h1-2,9,11,14H,3-8,10H2,(H,15,16);1H. The lowest BCUT2D eigenvalue weighted by molar-refractivity contribution is -0.121. The second kappa shape index (κ2) is 8.51. The van der Waals surface area contributed by atoms with Crippen LogP contribution in [-0.4, -0.2) is 25.5 Å². The fourth-order valence-corrected chi connectivity index (χ4v) is 2.87. The van der Waals surface area contributed by atoms with Gasteiger partial charge in [0, 0.05) is 17.8 Å². The molecular weight excluding hydrogens is 268 g/mol. The van der Waals surface area contributed by atoms with Crippen molar-refractivity contribution < 1.29 is 4.79 Å². The number of nitrogens with one attached hydrogen (secondary N) is 2. The van der Waals surface area contributed by atoms with Crippen molar-refractivity contribution in [3.63, 3.8) is 0 Å². The molecule has 1 fully saturated rings. The van der Waals surface area contributed by atoms with E-state index in [-0.39, 0.29) is 18.3 Å².